The summed E-state index contributed by atoms with van der Waals surface area (Å²) in [5.41, 5.74) is 6.03. The van der Waals surface area contributed by atoms with Crippen LogP contribution in [-0.2, 0) is 4.79 Å². The van der Waals surface area contributed by atoms with Gasteiger partial charge in [-0.05, 0) is 18.6 Å². The summed E-state index contributed by atoms with van der Waals surface area (Å²) >= 11 is 0. The molecule has 0 spiro atoms. The van der Waals surface area contributed by atoms with Gasteiger partial charge in [-0.2, -0.15) is 0 Å². The summed E-state index contributed by atoms with van der Waals surface area (Å²) in [5.74, 6) is -0.215. The fraction of sp³-hybridized carbons (Fsp3) is 0.364. The predicted molar refractivity (Wildman–Crippen MR) is 59.6 cm³/mol. The Kier molecular flexibility index (Phi) is 4.12. The van der Waals surface area contributed by atoms with Crippen LogP contribution in [0.5, 0.6) is 5.75 Å². The molecule has 0 unspecified atom stereocenters. The van der Waals surface area contributed by atoms with E-state index in [0.29, 0.717) is 12.1 Å². The molecule has 1 aromatic carbocycles. The number of phenolic OH excluding ortho intramolecular Hbond substituents is 1. The van der Waals surface area contributed by atoms with E-state index in [1.54, 1.807) is 18.2 Å². The number of amides is 1. The van der Waals surface area contributed by atoms with Crippen molar-refractivity contribution in [1.29, 1.82) is 0 Å². The SMILES string of the molecule is CCC[C@@H](N)C(=O)Nc1ccccc1O. The maximum atomic E-state index is 11.5. The first-order valence-corrected chi connectivity index (χ1v) is 4.99. The van der Waals surface area contributed by atoms with Crippen LogP contribution in [0.3, 0.4) is 0 Å². The van der Waals surface area contributed by atoms with Crippen LogP contribution in [0.25, 0.3) is 0 Å². The molecule has 0 fully saturated rings. The predicted octanol–water partition coefficient (Wildman–Crippen LogP) is 1.46. The summed E-state index contributed by atoms with van der Waals surface area (Å²) < 4.78 is 0. The Morgan fingerprint density at radius 1 is 1.53 bits per heavy atom. The Labute approximate surface area is 89.1 Å². The minimum Gasteiger partial charge on any atom is -0.506 e. The number of rotatable bonds is 4. The van der Waals surface area contributed by atoms with Gasteiger partial charge in [-0.1, -0.05) is 25.5 Å². The third kappa shape index (κ3) is 3.25. The lowest BCUT2D eigenvalue weighted by Crippen LogP contribution is -2.35. The van der Waals surface area contributed by atoms with E-state index in [0.717, 1.165) is 6.42 Å². The molecule has 4 heteroatoms. The van der Waals surface area contributed by atoms with Gasteiger partial charge in [0.2, 0.25) is 5.91 Å². The molecule has 1 aromatic rings. The van der Waals surface area contributed by atoms with Crippen LogP contribution in [0.2, 0.25) is 0 Å². The highest BCUT2D eigenvalue weighted by molar-refractivity contribution is 5.95. The molecule has 1 atom stereocenters. The fourth-order valence-corrected chi connectivity index (χ4v) is 1.25. The lowest BCUT2D eigenvalue weighted by Gasteiger charge is -2.11. The van der Waals surface area contributed by atoms with Gasteiger partial charge >= 0.3 is 0 Å². The lowest BCUT2D eigenvalue weighted by atomic mass is 10.1. The molecule has 0 saturated heterocycles. The number of aromatic hydroxyl groups is 1. The third-order valence-corrected chi connectivity index (χ3v) is 2.10. The second-order valence-corrected chi connectivity index (χ2v) is 3.40. The van der Waals surface area contributed by atoms with Crippen LogP contribution < -0.4 is 11.1 Å². The number of benzene rings is 1. The summed E-state index contributed by atoms with van der Waals surface area (Å²) in [5, 5.41) is 12.0. The van der Waals surface area contributed by atoms with Gasteiger partial charge in [0.25, 0.3) is 0 Å². The van der Waals surface area contributed by atoms with Crippen LogP contribution in [0.1, 0.15) is 19.8 Å². The van der Waals surface area contributed by atoms with Crippen LogP contribution in [-0.4, -0.2) is 17.1 Å². The van der Waals surface area contributed by atoms with Crippen molar-refractivity contribution in [2.24, 2.45) is 5.73 Å². The molecule has 82 valence electrons. The fourth-order valence-electron chi connectivity index (χ4n) is 1.25. The molecule has 4 nitrogen and oxygen atoms in total. The Bertz CT molecular complexity index is 339. The molecule has 4 N–H and O–H groups in total. The highest BCUT2D eigenvalue weighted by atomic mass is 16.3. The van der Waals surface area contributed by atoms with E-state index in [1.165, 1.54) is 6.07 Å². The summed E-state index contributed by atoms with van der Waals surface area (Å²) in [4.78, 5) is 11.5. The molecule has 0 radical (unpaired) electrons. The number of nitrogens with one attached hydrogen (secondary N) is 1. The molecule has 15 heavy (non-hydrogen) atoms. The van der Waals surface area contributed by atoms with Crippen molar-refractivity contribution in [2.45, 2.75) is 25.8 Å². The van der Waals surface area contributed by atoms with E-state index in [-0.39, 0.29) is 11.7 Å². The average Bonchev–Trinajstić information content (AvgIpc) is 2.21. The number of phenols is 1. The highest BCUT2D eigenvalue weighted by Crippen LogP contribution is 2.21. The van der Waals surface area contributed by atoms with Crippen molar-refractivity contribution in [2.75, 3.05) is 5.32 Å². The van der Waals surface area contributed by atoms with Crippen molar-refractivity contribution >= 4 is 11.6 Å². The zero-order valence-corrected chi connectivity index (χ0v) is 8.73. The Hall–Kier alpha value is -1.55. The van der Waals surface area contributed by atoms with Gasteiger partial charge in [-0.15, -0.1) is 0 Å². The summed E-state index contributed by atoms with van der Waals surface area (Å²) in [6.07, 6.45) is 1.49. The largest absolute Gasteiger partial charge is 0.506 e. The number of nitrogens with two attached hydrogens (primary N) is 1. The molecule has 0 bridgehead atoms. The van der Waals surface area contributed by atoms with Crippen molar-refractivity contribution in [1.82, 2.24) is 0 Å². The van der Waals surface area contributed by atoms with Gasteiger partial charge in [0.05, 0.1) is 11.7 Å². The molecule has 0 aliphatic carbocycles. The maximum absolute atomic E-state index is 11.5. The summed E-state index contributed by atoms with van der Waals surface area (Å²) in [7, 11) is 0. The standard InChI is InChI=1S/C11H16N2O2/c1-2-5-8(12)11(15)13-9-6-3-4-7-10(9)14/h3-4,6-8,14H,2,5,12H2,1H3,(H,13,15)/t8-/m1/s1. The van der Waals surface area contributed by atoms with Crippen LogP contribution >= 0.6 is 0 Å². The monoisotopic (exact) mass is 208 g/mol. The number of carbonyl (C=O) groups is 1. The zero-order valence-electron chi connectivity index (χ0n) is 8.73. The third-order valence-electron chi connectivity index (χ3n) is 2.10. The topological polar surface area (TPSA) is 75.4 Å². The number of anilines is 1. The average molecular weight is 208 g/mol. The lowest BCUT2D eigenvalue weighted by molar-refractivity contribution is -0.117. The number of hydrogen-bond acceptors (Lipinski definition) is 3. The van der Waals surface area contributed by atoms with Crippen molar-refractivity contribution in [3.05, 3.63) is 24.3 Å². The molecule has 0 aromatic heterocycles. The molecular weight excluding hydrogens is 192 g/mol. The molecule has 1 rings (SSSR count). The van der Waals surface area contributed by atoms with Gasteiger partial charge in [-0.25, -0.2) is 0 Å². The van der Waals surface area contributed by atoms with Gasteiger partial charge in [0.1, 0.15) is 5.75 Å². The minimum absolute atomic E-state index is 0.0505. The summed E-state index contributed by atoms with van der Waals surface area (Å²) in [6.45, 7) is 1.97. The number of carbonyl (C=O) groups excluding carboxylic acids is 1. The minimum atomic E-state index is -0.519. The van der Waals surface area contributed by atoms with E-state index in [1.807, 2.05) is 6.92 Å². The van der Waals surface area contributed by atoms with Gasteiger partial charge in [0, 0.05) is 0 Å². The molecule has 0 saturated carbocycles. The van der Waals surface area contributed by atoms with Crippen LogP contribution in [0.4, 0.5) is 5.69 Å². The highest BCUT2D eigenvalue weighted by Gasteiger charge is 2.13. The van der Waals surface area contributed by atoms with Crippen LogP contribution in [0.15, 0.2) is 24.3 Å². The first kappa shape index (κ1) is 11.5. The summed E-state index contributed by atoms with van der Waals surface area (Å²) in [6, 6.07) is 6.06. The maximum Gasteiger partial charge on any atom is 0.241 e. The van der Waals surface area contributed by atoms with Gasteiger partial charge < -0.3 is 16.2 Å². The van der Waals surface area contributed by atoms with E-state index in [4.69, 9.17) is 5.73 Å². The zero-order chi connectivity index (χ0) is 11.3. The Morgan fingerprint density at radius 2 is 2.20 bits per heavy atom. The van der Waals surface area contributed by atoms with Crippen molar-refractivity contribution in [3.63, 3.8) is 0 Å². The second kappa shape index (κ2) is 5.36. The number of hydrogen-bond donors (Lipinski definition) is 3. The van der Waals surface area contributed by atoms with Gasteiger partial charge in [-0.3, -0.25) is 4.79 Å². The molecule has 1 amide bonds. The van der Waals surface area contributed by atoms with E-state index < -0.39 is 6.04 Å². The normalized spacial score (nSPS) is 12.1. The Morgan fingerprint density at radius 3 is 2.80 bits per heavy atom. The second-order valence-electron chi connectivity index (χ2n) is 3.40. The van der Waals surface area contributed by atoms with E-state index >= 15 is 0 Å². The van der Waals surface area contributed by atoms with Crippen molar-refractivity contribution in [3.8, 4) is 5.75 Å². The first-order chi connectivity index (χ1) is 7.15. The molecule has 0 aliphatic heterocycles. The quantitative estimate of drug-likeness (QED) is 0.656. The van der Waals surface area contributed by atoms with E-state index in [2.05, 4.69) is 5.32 Å². The smallest absolute Gasteiger partial charge is 0.241 e. The molecular formula is C11H16N2O2. The van der Waals surface area contributed by atoms with E-state index in [9.17, 15) is 9.90 Å². The number of para-hydroxylation sites is 2. The van der Waals surface area contributed by atoms with Crippen molar-refractivity contribution < 1.29 is 9.90 Å². The van der Waals surface area contributed by atoms with Gasteiger partial charge in [0.15, 0.2) is 0 Å². The molecule has 0 aliphatic rings. The van der Waals surface area contributed by atoms with Crippen LogP contribution in [0, 0.1) is 0 Å². The Balaban J connectivity index is 2.62. The first-order valence-electron chi connectivity index (χ1n) is 4.99. The molecule has 0 heterocycles.